The summed E-state index contributed by atoms with van der Waals surface area (Å²) in [7, 11) is -3.93. The Morgan fingerprint density at radius 2 is 1.95 bits per heavy atom. The van der Waals surface area contributed by atoms with Crippen LogP contribution in [0.15, 0.2) is 29.2 Å². The third-order valence-electron chi connectivity index (χ3n) is 3.07. The number of rotatable bonds is 5. The molecule has 0 amide bonds. The monoisotopic (exact) mass is 308 g/mol. The molecule has 2 N–H and O–H groups in total. The molecule has 1 aliphatic carbocycles. The Labute approximate surface area is 115 Å². The van der Waals surface area contributed by atoms with E-state index in [2.05, 4.69) is 0 Å². The maximum Gasteiger partial charge on any atom is 0.416 e. The van der Waals surface area contributed by atoms with Gasteiger partial charge in [0.1, 0.15) is 0 Å². The van der Waals surface area contributed by atoms with Gasteiger partial charge in [0.15, 0.2) is 0 Å². The number of nitrogens with two attached hydrogens (primary N) is 1. The molecule has 0 aliphatic heterocycles. The molecule has 8 heteroatoms. The zero-order chi connectivity index (χ0) is 15.0. The summed E-state index contributed by atoms with van der Waals surface area (Å²) in [5.41, 5.74) is 4.41. The van der Waals surface area contributed by atoms with Gasteiger partial charge in [-0.15, -0.1) is 0 Å². The van der Waals surface area contributed by atoms with Gasteiger partial charge >= 0.3 is 6.18 Å². The molecule has 1 aliphatic rings. The second kappa shape index (κ2) is 5.34. The fraction of sp³-hybridized carbons (Fsp3) is 0.500. The van der Waals surface area contributed by atoms with Gasteiger partial charge in [0, 0.05) is 19.1 Å². The van der Waals surface area contributed by atoms with Crippen molar-refractivity contribution in [3.63, 3.8) is 0 Å². The van der Waals surface area contributed by atoms with Crippen LogP contribution in [-0.4, -0.2) is 31.9 Å². The van der Waals surface area contributed by atoms with E-state index < -0.39 is 21.8 Å². The van der Waals surface area contributed by atoms with Gasteiger partial charge in [-0.05, 0) is 31.0 Å². The Balaban J connectivity index is 2.38. The lowest BCUT2D eigenvalue weighted by Crippen LogP contribution is -2.37. The quantitative estimate of drug-likeness (QED) is 0.902. The summed E-state index contributed by atoms with van der Waals surface area (Å²) in [6.45, 7) is 0.248. The summed E-state index contributed by atoms with van der Waals surface area (Å²) in [5, 5.41) is 0. The summed E-state index contributed by atoms with van der Waals surface area (Å²) in [5.74, 6) is 0. The molecule has 1 saturated carbocycles. The first-order valence-corrected chi connectivity index (χ1v) is 7.60. The Morgan fingerprint density at radius 1 is 1.30 bits per heavy atom. The van der Waals surface area contributed by atoms with Crippen LogP contribution in [0.2, 0.25) is 0 Å². The molecule has 4 nitrogen and oxygen atoms in total. The van der Waals surface area contributed by atoms with Gasteiger partial charge in [-0.2, -0.15) is 17.5 Å². The zero-order valence-electron chi connectivity index (χ0n) is 10.6. The number of halogens is 3. The molecule has 0 unspecified atom stereocenters. The van der Waals surface area contributed by atoms with Crippen LogP contribution in [0.3, 0.4) is 0 Å². The van der Waals surface area contributed by atoms with Crippen LogP contribution < -0.4 is 5.73 Å². The third kappa shape index (κ3) is 3.13. The normalized spacial score (nSPS) is 16.6. The first-order chi connectivity index (χ1) is 9.26. The Kier molecular flexibility index (Phi) is 4.08. The molecular weight excluding hydrogens is 293 g/mol. The van der Waals surface area contributed by atoms with E-state index in [0.717, 1.165) is 25.0 Å². The van der Waals surface area contributed by atoms with Crippen LogP contribution in [0.1, 0.15) is 18.4 Å². The van der Waals surface area contributed by atoms with Gasteiger partial charge < -0.3 is 5.73 Å². The van der Waals surface area contributed by atoms with E-state index in [1.54, 1.807) is 0 Å². The van der Waals surface area contributed by atoms with E-state index in [0.29, 0.717) is 6.07 Å². The first-order valence-electron chi connectivity index (χ1n) is 6.16. The summed E-state index contributed by atoms with van der Waals surface area (Å²) in [6, 6.07) is 3.66. The van der Waals surface area contributed by atoms with E-state index in [1.807, 2.05) is 0 Å². The van der Waals surface area contributed by atoms with E-state index in [9.17, 15) is 21.6 Å². The molecule has 0 atom stereocenters. The second-order valence-corrected chi connectivity index (χ2v) is 6.55. The van der Waals surface area contributed by atoms with Crippen molar-refractivity contribution in [3.05, 3.63) is 29.8 Å². The molecule has 1 aromatic carbocycles. The van der Waals surface area contributed by atoms with E-state index in [4.69, 9.17) is 5.73 Å². The number of hydrogen-bond acceptors (Lipinski definition) is 3. The minimum atomic E-state index is -4.57. The van der Waals surface area contributed by atoms with Crippen LogP contribution in [0.4, 0.5) is 13.2 Å². The highest BCUT2D eigenvalue weighted by Crippen LogP contribution is 2.34. The Hall–Kier alpha value is -1.12. The van der Waals surface area contributed by atoms with Crippen molar-refractivity contribution in [2.45, 2.75) is 30.0 Å². The molecule has 0 saturated heterocycles. The molecule has 1 fully saturated rings. The molecule has 0 heterocycles. The maximum absolute atomic E-state index is 12.6. The van der Waals surface area contributed by atoms with Crippen molar-refractivity contribution in [2.75, 3.05) is 13.1 Å². The number of sulfonamides is 1. The highest BCUT2D eigenvalue weighted by Gasteiger charge is 2.38. The minimum Gasteiger partial charge on any atom is -0.329 e. The minimum absolute atomic E-state index is 0.114. The van der Waals surface area contributed by atoms with Gasteiger partial charge in [0.2, 0.25) is 10.0 Å². The van der Waals surface area contributed by atoms with Crippen molar-refractivity contribution in [3.8, 4) is 0 Å². The molecule has 0 spiro atoms. The number of hydrogen-bond donors (Lipinski definition) is 1. The topological polar surface area (TPSA) is 63.4 Å². The molecule has 0 radical (unpaired) electrons. The molecule has 1 aromatic rings. The average molecular weight is 308 g/mol. The molecular formula is C12H15F3N2O2S. The van der Waals surface area contributed by atoms with Gasteiger partial charge in [0.25, 0.3) is 0 Å². The average Bonchev–Trinajstić information content (AvgIpc) is 3.19. The molecule has 2 rings (SSSR count). The van der Waals surface area contributed by atoms with Crippen molar-refractivity contribution >= 4 is 10.0 Å². The van der Waals surface area contributed by atoms with Crippen LogP contribution in [0, 0.1) is 0 Å². The van der Waals surface area contributed by atoms with Crippen LogP contribution in [-0.2, 0) is 16.2 Å². The third-order valence-corrected chi connectivity index (χ3v) is 5.02. The largest absolute Gasteiger partial charge is 0.416 e. The van der Waals surface area contributed by atoms with E-state index in [1.165, 1.54) is 10.4 Å². The smallest absolute Gasteiger partial charge is 0.329 e. The lowest BCUT2D eigenvalue weighted by molar-refractivity contribution is -0.137. The van der Waals surface area contributed by atoms with E-state index >= 15 is 0 Å². The molecule has 0 aromatic heterocycles. The molecule has 20 heavy (non-hydrogen) atoms. The lowest BCUT2D eigenvalue weighted by Gasteiger charge is -2.21. The SMILES string of the molecule is NCCN(C1CC1)S(=O)(=O)c1cccc(C(F)(F)F)c1. The fourth-order valence-electron chi connectivity index (χ4n) is 1.96. The first kappa shape index (κ1) is 15.3. The predicted octanol–water partition coefficient (Wildman–Crippen LogP) is 1.82. The number of nitrogens with zero attached hydrogens (tertiary/aromatic N) is 1. The van der Waals surface area contributed by atoms with Crippen molar-refractivity contribution in [1.82, 2.24) is 4.31 Å². The zero-order valence-corrected chi connectivity index (χ0v) is 11.4. The number of benzene rings is 1. The van der Waals surface area contributed by atoms with Gasteiger partial charge in [-0.1, -0.05) is 6.07 Å². The predicted molar refractivity (Wildman–Crippen MR) is 67.4 cm³/mol. The lowest BCUT2D eigenvalue weighted by atomic mass is 10.2. The van der Waals surface area contributed by atoms with Crippen molar-refractivity contribution in [2.24, 2.45) is 5.73 Å². The van der Waals surface area contributed by atoms with E-state index in [-0.39, 0.29) is 24.0 Å². The van der Waals surface area contributed by atoms with Gasteiger partial charge in [0.05, 0.1) is 10.5 Å². The number of alkyl halides is 3. The maximum atomic E-state index is 12.6. The highest BCUT2D eigenvalue weighted by atomic mass is 32.2. The second-order valence-electron chi connectivity index (χ2n) is 4.66. The van der Waals surface area contributed by atoms with Gasteiger partial charge in [-0.25, -0.2) is 8.42 Å². The standard InChI is InChI=1S/C12H15F3N2O2S/c13-12(14,15)9-2-1-3-11(8-9)20(18,19)17(7-6-16)10-4-5-10/h1-3,8,10H,4-7,16H2. The van der Waals surface area contributed by atoms with Crippen LogP contribution in [0.5, 0.6) is 0 Å². The highest BCUT2D eigenvalue weighted by molar-refractivity contribution is 7.89. The fourth-order valence-corrected chi connectivity index (χ4v) is 3.70. The van der Waals surface area contributed by atoms with Gasteiger partial charge in [-0.3, -0.25) is 0 Å². The molecule has 112 valence electrons. The van der Waals surface area contributed by atoms with Crippen molar-refractivity contribution in [1.29, 1.82) is 0 Å². The summed E-state index contributed by atoms with van der Waals surface area (Å²) in [6.07, 6.45) is -3.12. The van der Waals surface area contributed by atoms with Crippen molar-refractivity contribution < 1.29 is 21.6 Å². The van der Waals surface area contributed by atoms with Crippen LogP contribution >= 0.6 is 0 Å². The Bertz CT molecular complexity index is 583. The Morgan fingerprint density at radius 3 is 2.45 bits per heavy atom. The van der Waals surface area contributed by atoms with Crippen LogP contribution in [0.25, 0.3) is 0 Å². The summed E-state index contributed by atoms with van der Waals surface area (Å²) < 4.78 is 63.9. The summed E-state index contributed by atoms with van der Waals surface area (Å²) >= 11 is 0. The summed E-state index contributed by atoms with van der Waals surface area (Å²) in [4.78, 5) is -0.340. The molecule has 0 bridgehead atoms.